The number of halogens is 2. The molecule has 0 spiro atoms. The Kier molecular flexibility index (Phi) is 80.5. The zero-order chi connectivity index (χ0) is 5.54. The van der Waals surface area contributed by atoms with Crippen LogP contribution in [-0.2, 0) is 23.3 Å². The summed E-state index contributed by atoms with van der Waals surface area (Å²) in [7, 11) is 0. The maximum absolute atomic E-state index is 2.00. The molecule has 0 amide bonds. The monoisotopic (exact) mass is 375 g/mol. The largest absolute Gasteiger partial charge is 0.214 e. The first kappa shape index (κ1) is 29.4. The first-order valence-corrected chi connectivity index (χ1v) is 7.94. The molecule has 0 N–H and O–H groups in total. The fourth-order valence-electron chi connectivity index (χ4n) is 0.321. The summed E-state index contributed by atoms with van der Waals surface area (Å²) in [6.07, 6.45) is 0. The van der Waals surface area contributed by atoms with Crippen molar-refractivity contribution in [3.63, 3.8) is 0 Å². The SMILES string of the molecule is Br.Br.[CH3-].[CH3-].[SiH2]=[Zr].c1cc[cH-]c1. The van der Waals surface area contributed by atoms with E-state index in [4.69, 9.17) is 0 Å². The smallest absolute Gasteiger partial charge is 0.172 e. The number of rotatable bonds is 0. The second-order valence-electron chi connectivity index (χ2n) is 0.962. The van der Waals surface area contributed by atoms with Crippen molar-refractivity contribution in [3.05, 3.63) is 45.2 Å². The van der Waals surface area contributed by atoms with Crippen LogP contribution < -0.4 is 0 Å². The van der Waals surface area contributed by atoms with Gasteiger partial charge in [-0.2, -0.15) is 18.2 Å². The van der Waals surface area contributed by atoms with Crippen molar-refractivity contribution >= 4 is 40.8 Å². The van der Waals surface area contributed by atoms with Crippen molar-refractivity contribution in [2.75, 3.05) is 0 Å². The van der Waals surface area contributed by atoms with Crippen LogP contribution in [0.2, 0.25) is 0 Å². The number of hydrogen-bond acceptors (Lipinski definition) is 0. The van der Waals surface area contributed by atoms with E-state index < -0.39 is 0 Å². The molecule has 11 heavy (non-hydrogen) atoms. The van der Waals surface area contributed by atoms with Crippen molar-refractivity contribution < 1.29 is 23.3 Å². The average Bonchev–Trinajstić information content (AvgIpc) is 2.23. The van der Waals surface area contributed by atoms with E-state index >= 15 is 0 Å². The van der Waals surface area contributed by atoms with Gasteiger partial charge in [-0.05, 0) is 0 Å². The quantitative estimate of drug-likeness (QED) is 0.481. The maximum atomic E-state index is 2.00. The summed E-state index contributed by atoms with van der Waals surface area (Å²) in [6, 6.07) is 10.0. The van der Waals surface area contributed by atoms with Gasteiger partial charge >= 0.3 is 30.2 Å². The predicted octanol–water partition coefficient (Wildman–Crippen LogP) is 2.54. The molecule has 0 nitrogen and oxygen atoms in total. The first-order chi connectivity index (χ1) is 3.50. The summed E-state index contributed by atoms with van der Waals surface area (Å²) in [5.74, 6) is 0. The molecule has 4 heteroatoms. The summed E-state index contributed by atoms with van der Waals surface area (Å²) in [6.45, 7) is 1.95. The molecule has 0 aliphatic carbocycles. The molecule has 0 radical (unpaired) electrons. The Morgan fingerprint density at radius 2 is 1.18 bits per heavy atom. The molecule has 0 saturated carbocycles. The first-order valence-electron chi connectivity index (χ1n) is 2.02. The summed E-state index contributed by atoms with van der Waals surface area (Å²) >= 11 is 1.58. The van der Waals surface area contributed by atoms with Crippen LogP contribution in [0, 0.1) is 14.9 Å². The average molecular weight is 378 g/mol. The molecule has 0 heterocycles. The van der Waals surface area contributed by atoms with E-state index in [1.54, 1.807) is 23.3 Å². The molecule has 0 aliphatic heterocycles. The normalized spacial score (nSPS) is 3.91. The van der Waals surface area contributed by atoms with Gasteiger partial charge in [0.15, 0.2) is 0 Å². The summed E-state index contributed by atoms with van der Waals surface area (Å²) in [4.78, 5) is 0. The van der Waals surface area contributed by atoms with Crippen LogP contribution in [0.5, 0.6) is 0 Å². The molecule has 0 aliphatic rings. The summed E-state index contributed by atoms with van der Waals surface area (Å²) < 4.78 is 0. The maximum Gasteiger partial charge on any atom is -0.172 e. The molecule has 1 aromatic rings. The van der Waals surface area contributed by atoms with Crippen LogP contribution in [0.3, 0.4) is 0 Å². The van der Waals surface area contributed by atoms with E-state index in [1.807, 2.05) is 37.2 Å². The van der Waals surface area contributed by atoms with Crippen molar-refractivity contribution in [2.24, 2.45) is 0 Å². The molecule has 1 aromatic carbocycles. The van der Waals surface area contributed by atoms with Crippen LogP contribution in [0.4, 0.5) is 0 Å². The van der Waals surface area contributed by atoms with Gasteiger partial charge in [0.05, 0.1) is 0 Å². The number of hydrogen-bond donors (Lipinski definition) is 0. The van der Waals surface area contributed by atoms with Gasteiger partial charge in [-0.3, -0.25) is 0 Å². The minimum Gasteiger partial charge on any atom is -0.214 e. The van der Waals surface area contributed by atoms with E-state index in [2.05, 4.69) is 0 Å². The van der Waals surface area contributed by atoms with E-state index in [9.17, 15) is 0 Å². The Morgan fingerprint density at radius 1 is 0.909 bits per heavy atom. The van der Waals surface area contributed by atoms with E-state index in [0.717, 1.165) is 0 Å². The Balaban J connectivity index is -0.0000000189. The van der Waals surface area contributed by atoms with Crippen LogP contribution in [-0.4, -0.2) is 6.88 Å². The molecular weight excluding hydrogens is 363 g/mol. The third-order valence-corrected chi connectivity index (χ3v) is 0.556. The third kappa shape index (κ3) is 24.6. The zero-order valence-corrected chi connectivity index (χ0v) is 14.2. The van der Waals surface area contributed by atoms with Gasteiger partial charge in [-0.25, -0.2) is 12.1 Å². The van der Waals surface area contributed by atoms with Gasteiger partial charge in [0.1, 0.15) is 0 Å². The van der Waals surface area contributed by atoms with Gasteiger partial charge in [0.25, 0.3) is 0 Å². The van der Waals surface area contributed by atoms with Gasteiger partial charge in [-0.15, -0.1) is 34.0 Å². The fourth-order valence-corrected chi connectivity index (χ4v) is 0.321. The zero-order valence-electron chi connectivity index (χ0n) is 6.91. The Hall–Kier alpha value is 1.41. The van der Waals surface area contributed by atoms with Crippen LogP contribution in [0.25, 0.3) is 0 Å². The van der Waals surface area contributed by atoms with Crippen molar-refractivity contribution in [1.82, 2.24) is 0 Å². The van der Waals surface area contributed by atoms with E-state index in [0.29, 0.717) is 0 Å². The summed E-state index contributed by atoms with van der Waals surface area (Å²) in [5.41, 5.74) is 0. The molecule has 1 rings (SSSR count). The molecule has 0 saturated heterocycles. The molecule has 68 valence electrons. The summed E-state index contributed by atoms with van der Waals surface area (Å²) in [5, 5.41) is 0. The molecule has 0 fully saturated rings. The van der Waals surface area contributed by atoms with Gasteiger partial charge < -0.3 is 14.9 Å². The fraction of sp³-hybridized carbons (Fsp3) is 0. The standard InChI is InChI=1S/C5H5.2CH3.2BrH.H2Si.Zr/c1-2-4-5-3-1;;;;;;/h1-5H;2*1H3;2*1H;1H2;/q3*-1;;;;. The van der Waals surface area contributed by atoms with E-state index in [1.165, 1.54) is 0 Å². The second-order valence-corrected chi connectivity index (χ2v) is 0.962. The molecule has 0 atom stereocenters. The Morgan fingerprint density at radius 3 is 1.27 bits per heavy atom. The topological polar surface area (TPSA) is 0 Å². The minimum absolute atomic E-state index is 0. The Bertz CT molecular complexity index is 83.3. The van der Waals surface area contributed by atoms with Gasteiger partial charge in [0, 0.05) is 0 Å². The second kappa shape index (κ2) is 30.1. The molecule has 0 unspecified atom stereocenters. The van der Waals surface area contributed by atoms with Crippen LogP contribution >= 0.6 is 34.0 Å². The van der Waals surface area contributed by atoms with Gasteiger partial charge in [0.2, 0.25) is 0 Å². The third-order valence-electron chi connectivity index (χ3n) is 0.556. The van der Waals surface area contributed by atoms with Crippen molar-refractivity contribution in [3.8, 4) is 0 Å². The molecule has 0 aromatic heterocycles. The van der Waals surface area contributed by atoms with Crippen molar-refractivity contribution in [2.45, 2.75) is 0 Å². The Labute approximate surface area is 108 Å². The molecular formula is C7H15Br2SiZr-3. The van der Waals surface area contributed by atoms with Gasteiger partial charge in [-0.1, -0.05) is 0 Å². The van der Waals surface area contributed by atoms with Crippen molar-refractivity contribution in [1.29, 1.82) is 0 Å². The minimum atomic E-state index is 0. The van der Waals surface area contributed by atoms with E-state index in [-0.39, 0.29) is 48.8 Å². The predicted molar refractivity (Wildman–Crippen MR) is 64.1 cm³/mol. The van der Waals surface area contributed by atoms with Crippen LogP contribution in [0.1, 0.15) is 0 Å². The van der Waals surface area contributed by atoms with Crippen LogP contribution in [0.15, 0.2) is 30.3 Å². The molecule has 0 bridgehead atoms.